The molecular weight excluding hydrogens is 452 g/mol. The maximum absolute atomic E-state index is 10.8. The number of aliphatic hydroxyl groups excluding tert-OH is 5. The van der Waals surface area contributed by atoms with E-state index in [9.17, 15) is 30.6 Å². The number of ether oxygens (including phenoxy) is 5. The number of phenols is 1. The van der Waals surface area contributed by atoms with E-state index in [0.29, 0.717) is 22.6 Å². The van der Waals surface area contributed by atoms with Gasteiger partial charge in [0.05, 0.1) is 26.9 Å². The predicted octanol–water partition coefficient (Wildman–Crippen LogP) is -0.375. The van der Waals surface area contributed by atoms with Crippen LogP contribution in [0.5, 0.6) is 28.7 Å². The Balaban J connectivity index is 1.62. The van der Waals surface area contributed by atoms with Gasteiger partial charge in [0.15, 0.2) is 11.5 Å². The minimum atomic E-state index is -1.59. The van der Waals surface area contributed by atoms with Gasteiger partial charge in [-0.2, -0.15) is 0 Å². The largest absolute Gasteiger partial charge is 0.504 e. The molecule has 4 rings (SSSR count). The Labute approximate surface area is 195 Å². The van der Waals surface area contributed by atoms with Crippen LogP contribution in [0.4, 0.5) is 0 Å². The summed E-state index contributed by atoms with van der Waals surface area (Å²) in [4.78, 5) is 0. The molecule has 186 valence electrons. The summed E-state index contributed by atoms with van der Waals surface area (Å²) in [5.74, 6) is 1.06. The van der Waals surface area contributed by atoms with Crippen LogP contribution < -0.4 is 18.9 Å². The van der Waals surface area contributed by atoms with Crippen molar-refractivity contribution in [2.24, 2.45) is 0 Å². The number of aliphatic hydroxyl groups is 5. The lowest BCUT2D eigenvalue weighted by Crippen LogP contribution is -2.60. The second-order valence-electron chi connectivity index (χ2n) is 8.16. The molecule has 11 nitrogen and oxygen atoms in total. The number of rotatable bonds is 6. The van der Waals surface area contributed by atoms with Gasteiger partial charge in [-0.25, -0.2) is 0 Å². The van der Waals surface area contributed by atoms with Gasteiger partial charge in [0, 0.05) is 24.1 Å². The zero-order valence-electron chi connectivity index (χ0n) is 18.6. The highest BCUT2D eigenvalue weighted by atomic mass is 16.7. The molecule has 2 aliphatic rings. The lowest BCUT2D eigenvalue weighted by Gasteiger charge is -2.39. The van der Waals surface area contributed by atoms with E-state index in [0.717, 1.165) is 0 Å². The molecule has 2 aromatic rings. The van der Waals surface area contributed by atoms with Crippen molar-refractivity contribution in [3.63, 3.8) is 0 Å². The summed E-state index contributed by atoms with van der Waals surface area (Å²) in [6.45, 7) is -0.586. The molecule has 6 N–H and O–H groups in total. The first-order valence-electron chi connectivity index (χ1n) is 10.7. The maximum Gasteiger partial charge on any atom is 0.229 e. The van der Waals surface area contributed by atoms with Crippen molar-refractivity contribution in [1.82, 2.24) is 0 Å². The molecule has 1 saturated heterocycles. The summed E-state index contributed by atoms with van der Waals surface area (Å²) in [6, 6.07) is 7.66. The van der Waals surface area contributed by atoms with E-state index in [2.05, 4.69) is 0 Å². The van der Waals surface area contributed by atoms with Crippen molar-refractivity contribution < 1.29 is 54.3 Å². The van der Waals surface area contributed by atoms with E-state index < -0.39 is 49.5 Å². The number of methoxy groups -OCH3 is 2. The number of fused-ring (bicyclic) bond motifs is 1. The van der Waals surface area contributed by atoms with Gasteiger partial charge in [-0.3, -0.25) is 0 Å². The third-order valence-corrected chi connectivity index (χ3v) is 6.01. The minimum absolute atomic E-state index is 0.0474. The number of hydrogen-bond donors (Lipinski definition) is 6. The molecule has 1 fully saturated rings. The fourth-order valence-corrected chi connectivity index (χ4v) is 4.14. The van der Waals surface area contributed by atoms with E-state index in [1.807, 2.05) is 0 Å². The Kier molecular flexibility index (Phi) is 7.03. The van der Waals surface area contributed by atoms with Crippen LogP contribution in [0.25, 0.3) is 0 Å². The molecule has 0 spiro atoms. The van der Waals surface area contributed by atoms with Crippen LogP contribution >= 0.6 is 0 Å². The van der Waals surface area contributed by atoms with Gasteiger partial charge in [0.2, 0.25) is 6.29 Å². The van der Waals surface area contributed by atoms with Crippen molar-refractivity contribution in [1.29, 1.82) is 0 Å². The third-order valence-electron chi connectivity index (χ3n) is 6.01. The number of hydrogen-bond acceptors (Lipinski definition) is 11. The van der Waals surface area contributed by atoms with Gasteiger partial charge in [0.1, 0.15) is 47.8 Å². The Morgan fingerprint density at radius 3 is 2.35 bits per heavy atom. The fourth-order valence-electron chi connectivity index (χ4n) is 4.14. The Hall–Kier alpha value is -2.80. The zero-order valence-corrected chi connectivity index (χ0v) is 18.6. The Morgan fingerprint density at radius 2 is 1.68 bits per heavy atom. The molecule has 2 aliphatic heterocycles. The average molecular weight is 480 g/mol. The molecule has 0 saturated carbocycles. The van der Waals surface area contributed by atoms with E-state index >= 15 is 0 Å². The van der Waals surface area contributed by atoms with Crippen LogP contribution in [0, 0.1) is 0 Å². The first-order valence-corrected chi connectivity index (χ1v) is 10.7. The second-order valence-corrected chi connectivity index (χ2v) is 8.16. The standard InChI is InChI=1S/C23H28O11/c1-30-15-6-11(32-23-21(29)20(28)19(27)18(9-24)34-23)7-16-12(15)8-14(26)22(33-16)10-3-4-13(25)17(5-10)31-2/h3-7,14,18-29H,8-9H2,1-2H3. The predicted molar refractivity (Wildman–Crippen MR) is 115 cm³/mol. The van der Waals surface area contributed by atoms with E-state index in [1.54, 1.807) is 12.1 Å². The molecule has 0 amide bonds. The molecule has 34 heavy (non-hydrogen) atoms. The second kappa shape index (κ2) is 9.82. The maximum atomic E-state index is 10.8. The van der Waals surface area contributed by atoms with E-state index in [-0.39, 0.29) is 23.7 Å². The number of phenolic OH excluding ortho intramolecular Hbond substituents is 1. The molecule has 11 heteroatoms. The summed E-state index contributed by atoms with van der Waals surface area (Å²) in [5, 5.41) is 60.3. The summed E-state index contributed by atoms with van der Waals surface area (Å²) in [7, 11) is 2.86. The van der Waals surface area contributed by atoms with Gasteiger partial charge >= 0.3 is 0 Å². The molecule has 7 atom stereocenters. The van der Waals surface area contributed by atoms with Crippen LogP contribution in [0.2, 0.25) is 0 Å². The van der Waals surface area contributed by atoms with Crippen LogP contribution in [-0.2, 0) is 11.2 Å². The van der Waals surface area contributed by atoms with Crippen molar-refractivity contribution in [3.8, 4) is 28.7 Å². The van der Waals surface area contributed by atoms with Gasteiger partial charge in [-0.1, -0.05) is 6.07 Å². The Morgan fingerprint density at radius 1 is 0.941 bits per heavy atom. The van der Waals surface area contributed by atoms with Crippen molar-refractivity contribution in [2.45, 2.75) is 49.3 Å². The zero-order chi connectivity index (χ0) is 24.6. The van der Waals surface area contributed by atoms with Crippen LogP contribution in [0.1, 0.15) is 17.2 Å². The average Bonchev–Trinajstić information content (AvgIpc) is 2.84. The number of aromatic hydroxyl groups is 1. The highest BCUT2D eigenvalue weighted by molar-refractivity contribution is 5.53. The van der Waals surface area contributed by atoms with Gasteiger partial charge in [-0.15, -0.1) is 0 Å². The fraction of sp³-hybridized carbons (Fsp3) is 0.478. The summed E-state index contributed by atoms with van der Waals surface area (Å²) < 4.78 is 27.8. The third kappa shape index (κ3) is 4.45. The smallest absolute Gasteiger partial charge is 0.229 e. The van der Waals surface area contributed by atoms with Crippen LogP contribution in [0.3, 0.4) is 0 Å². The molecule has 2 aromatic carbocycles. The van der Waals surface area contributed by atoms with Crippen molar-refractivity contribution >= 4 is 0 Å². The summed E-state index contributed by atoms with van der Waals surface area (Å²) >= 11 is 0. The highest BCUT2D eigenvalue weighted by Gasteiger charge is 2.45. The Bertz CT molecular complexity index is 1010. The first kappa shape index (κ1) is 24.3. The molecule has 2 heterocycles. The SMILES string of the molecule is COc1cc(C2Oc3cc(OC4OC(CO)C(O)C(O)C4O)cc(OC)c3CC2O)ccc1O. The highest BCUT2D eigenvalue weighted by Crippen LogP contribution is 2.44. The monoisotopic (exact) mass is 480 g/mol. The molecule has 7 unspecified atom stereocenters. The molecular formula is C23H28O11. The summed E-state index contributed by atoms with van der Waals surface area (Å²) in [6.07, 6.45) is -8.69. The minimum Gasteiger partial charge on any atom is -0.504 e. The van der Waals surface area contributed by atoms with Crippen molar-refractivity contribution in [2.75, 3.05) is 20.8 Å². The number of benzene rings is 2. The van der Waals surface area contributed by atoms with Gasteiger partial charge in [0.25, 0.3) is 0 Å². The first-order chi connectivity index (χ1) is 16.3. The van der Waals surface area contributed by atoms with E-state index in [1.165, 1.54) is 32.4 Å². The molecule has 0 bridgehead atoms. The van der Waals surface area contributed by atoms with E-state index in [4.69, 9.17) is 23.7 Å². The quantitative estimate of drug-likeness (QED) is 0.319. The lowest BCUT2D eigenvalue weighted by molar-refractivity contribution is -0.277. The van der Waals surface area contributed by atoms with Crippen molar-refractivity contribution in [3.05, 3.63) is 41.5 Å². The van der Waals surface area contributed by atoms with Crippen LogP contribution in [-0.4, -0.2) is 88.3 Å². The molecule has 0 aromatic heterocycles. The lowest BCUT2D eigenvalue weighted by atomic mass is 9.93. The topological polar surface area (TPSA) is 168 Å². The van der Waals surface area contributed by atoms with Gasteiger partial charge < -0.3 is 54.3 Å². The molecule has 0 radical (unpaired) electrons. The summed E-state index contributed by atoms with van der Waals surface area (Å²) in [5.41, 5.74) is 1.17. The molecule has 0 aliphatic carbocycles. The van der Waals surface area contributed by atoms with Crippen LogP contribution in [0.15, 0.2) is 30.3 Å². The normalized spacial score (nSPS) is 30.7. The van der Waals surface area contributed by atoms with Gasteiger partial charge in [-0.05, 0) is 17.7 Å².